The van der Waals surface area contributed by atoms with Crippen LogP contribution in [0.2, 0.25) is 0 Å². The van der Waals surface area contributed by atoms with Crippen LogP contribution in [0.3, 0.4) is 0 Å². The fraction of sp³-hybridized carbons (Fsp3) is 0.500. The molecule has 3 atom stereocenters. The van der Waals surface area contributed by atoms with E-state index in [9.17, 15) is 9.59 Å². The Kier molecular flexibility index (Phi) is 4.95. The smallest absolute Gasteiger partial charge is 0.229 e. The lowest BCUT2D eigenvalue weighted by Gasteiger charge is -2.28. The van der Waals surface area contributed by atoms with Crippen LogP contribution in [-0.4, -0.2) is 45.5 Å². The molecule has 2 saturated heterocycles. The third-order valence-corrected chi connectivity index (χ3v) is 6.51. The molecule has 142 valence electrons. The second kappa shape index (κ2) is 7.38. The fourth-order valence-corrected chi connectivity index (χ4v) is 4.99. The number of carbonyl (C=O) groups excluding carboxylic acids is 2. The van der Waals surface area contributed by atoms with E-state index in [1.165, 1.54) is 11.3 Å². The van der Waals surface area contributed by atoms with Crippen molar-refractivity contribution in [2.75, 3.05) is 11.4 Å². The van der Waals surface area contributed by atoms with Crippen molar-refractivity contribution in [1.29, 1.82) is 0 Å². The van der Waals surface area contributed by atoms with Gasteiger partial charge in [0.05, 0.1) is 5.92 Å². The number of hydrogen-bond acceptors (Lipinski definition) is 5. The van der Waals surface area contributed by atoms with Gasteiger partial charge in [0.15, 0.2) is 0 Å². The van der Waals surface area contributed by atoms with Crippen LogP contribution in [0.5, 0.6) is 0 Å². The second-order valence-corrected chi connectivity index (χ2v) is 8.61. The van der Waals surface area contributed by atoms with Gasteiger partial charge in [0.1, 0.15) is 5.01 Å². The summed E-state index contributed by atoms with van der Waals surface area (Å²) in [5.41, 5.74) is 1.16. The van der Waals surface area contributed by atoms with E-state index in [1.54, 1.807) is 4.90 Å². The van der Waals surface area contributed by atoms with Gasteiger partial charge >= 0.3 is 0 Å². The van der Waals surface area contributed by atoms with Crippen molar-refractivity contribution >= 4 is 28.3 Å². The van der Waals surface area contributed by atoms with Crippen LogP contribution in [0.1, 0.15) is 43.7 Å². The average molecular weight is 385 g/mol. The standard InChI is InChI=1S/C20H24N4O2S/c1-13-8-9-14(2)24(13)19(26)16-11-18(25)23(12-16)20-22-21-17(27-20)10-15-6-4-3-5-7-15/h3-7,13-14,16H,8-12H2,1-2H3/t13-,14+,16?. The van der Waals surface area contributed by atoms with Gasteiger partial charge in [-0.1, -0.05) is 41.7 Å². The third kappa shape index (κ3) is 3.60. The Bertz CT molecular complexity index is 828. The number of carbonyl (C=O) groups is 2. The summed E-state index contributed by atoms with van der Waals surface area (Å²) in [7, 11) is 0. The van der Waals surface area contributed by atoms with Crippen LogP contribution in [0.4, 0.5) is 5.13 Å². The zero-order valence-corrected chi connectivity index (χ0v) is 16.5. The molecular weight excluding hydrogens is 360 g/mol. The third-order valence-electron chi connectivity index (χ3n) is 5.57. The molecule has 0 spiro atoms. The van der Waals surface area contributed by atoms with Crippen molar-refractivity contribution in [1.82, 2.24) is 15.1 Å². The number of nitrogens with zero attached hydrogens (tertiary/aromatic N) is 4. The van der Waals surface area contributed by atoms with Gasteiger partial charge in [0, 0.05) is 31.5 Å². The Morgan fingerprint density at radius 1 is 1.15 bits per heavy atom. The van der Waals surface area contributed by atoms with Crippen LogP contribution >= 0.6 is 11.3 Å². The molecule has 1 unspecified atom stereocenters. The quantitative estimate of drug-likeness (QED) is 0.813. The number of hydrogen-bond donors (Lipinski definition) is 0. The summed E-state index contributed by atoms with van der Waals surface area (Å²) in [5, 5.41) is 9.93. The van der Waals surface area contributed by atoms with Gasteiger partial charge in [-0.25, -0.2) is 0 Å². The first-order chi connectivity index (χ1) is 13.0. The van der Waals surface area contributed by atoms with Crippen LogP contribution < -0.4 is 4.90 Å². The summed E-state index contributed by atoms with van der Waals surface area (Å²) < 4.78 is 0. The molecule has 1 aromatic carbocycles. The summed E-state index contributed by atoms with van der Waals surface area (Å²) >= 11 is 1.43. The minimum Gasteiger partial charge on any atom is -0.337 e. The lowest BCUT2D eigenvalue weighted by atomic mass is 10.1. The topological polar surface area (TPSA) is 66.4 Å². The number of benzene rings is 1. The maximum atomic E-state index is 13.0. The van der Waals surface area contributed by atoms with Crippen molar-refractivity contribution in [2.24, 2.45) is 5.92 Å². The van der Waals surface area contributed by atoms with Crippen LogP contribution in [0.15, 0.2) is 30.3 Å². The fourth-order valence-electron chi connectivity index (χ4n) is 4.09. The largest absolute Gasteiger partial charge is 0.337 e. The van der Waals surface area contributed by atoms with Crippen molar-refractivity contribution in [2.45, 2.75) is 51.6 Å². The molecule has 2 fully saturated rings. The molecule has 0 bridgehead atoms. The SMILES string of the molecule is C[C@@H]1CC[C@H](C)N1C(=O)C1CC(=O)N(c2nnc(Cc3ccccc3)s2)C1. The van der Waals surface area contributed by atoms with Gasteiger partial charge in [-0.15, -0.1) is 10.2 Å². The predicted molar refractivity (Wildman–Crippen MR) is 105 cm³/mol. The lowest BCUT2D eigenvalue weighted by Crippen LogP contribution is -2.43. The Morgan fingerprint density at radius 3 is 2.56 bits per heavy atom. The molecular formula is C20H24N4O2S. The first-order valence-corrected chi connectivity index (χ1v) is 10.3. The van der Waals surface area contributed by atoms with Gasteiger partial charge < -0.3 is 4.90 Å². The summed E-state index contributed by atoms with van der Waals surface area (Å²) in [6.45, 7) is 4.60. The summed E-state index contributed by atoms with van der Waals surface area (Å²) in [5.74, 6) is -0.199. The lowest BCUT2D eigenvalue weighted by molar-refractivity contribution is -0.138. The Balaban J connectivity index is 1.44. The summed E-state index contributed by atoms with van der Waals surface area (Å²) in [6, 6.07) is 10.6. The van der Waals surface area contributed by atoms with E-state index in [-0.39, 0.29) is 36.2 Å². The van der Waals surface area contributed by atoms with Gasteiger partial charge in [-0.2, -0.15) is 0 Å². The monoisotopic (exact) mass is 384 g/mol. The number of rotatable bonds is 4. The molecule has 1 aromatic heterocycles. The predicted octanol–water partition coefficient (Wildman–Crippen LogP) is 2.88. The van der Waals surface area contributed by atoms with Crippen LogP contribution in [-0.2, 0) is 16.0 Å². The summed E-state index contributed by atoms with van der Waals surface area (Å²) in [4.78, 5) is 29.1. The van der Waals surface area contributed by atoms with Crippen LogP contribution in [0.25, 0.3) is 0 Å². The molecule has 7 heteroatoms. The number of aromatic nitrogens is 2. The molecule has 6 nitrogen and oxygen atoms in total. The van der Waals surface area contributed by atoms with Gasteiger partial charge in [-0.05, 0) is 32.3 Å². The Labute approximate surface area is 163 Å². The van der Waals surface area contributed by atoms with E-state index < -0.39 is 0 Å². The van der Waals surface area contributed by atoms with E-state index in [2.05, 4.69) is 36.2 Å². The molecule has 2 aliphatic heterocycles. The van der Waals surface area contributed by atoms with Gasteiger partial charge in [0.2, 0.25) is 16.9 Å². The highest BCUT2D eigenvalue weighted by molar-refractivity contribution is 7.15. The zero-order chi connectivity index (χ0) is 19.0. The highest BCUT2D eigenvalue weighted by atomic mass is 32.1. The number of likely N-dealkylation sites (tertiary alicyclic amines) is 1. The molecule has 2 amide bonds. The molecule has 0 aliphatic carbocycles. The highest BCUT2D eigenvalue weighted by Crippen LogP contribution is 2.32. The molecule has 0 saturated carbocycles. The zero-order valence-electron chi connectivity index (χ0n) is 15.7. The van der Waals surface area contributed by atoms with E-state index in [4.69, 9.17) is 0 Å². The van der Waals surface area contributed by atoms with Gasteiger partial charge in [0.25, 0.3) is 0 Å². The molecule has 2 aromatic rings. The van der Waals surface area contributed by atoms with Crippen LogP contribution in [0, 0.1) is 5.92 Å². The normalized spacial score (nSPS) is 25.4. The van der Waals surface area contributed by atoms with Crippen molar-refractivity contribution in [3.8, 4) is 0 Å². The molecule has 2 aliphatic rings. The van der Waals surface area contributed by atoms with Gasteiger partial charge in [-0.3, -0.25) is 14.5 Å². The number of anilines is 1. The molecule has 4 rings (SSSR count). The molecule has 0 radical (unpaired) electrons. The molecule has 0 N–H and O–H groups in total. The first-order valence-electron chi connectivity index (χ1n) is 9.51. The Hall–Kier alpha value is -2.28. The van der Waals surface area contributed by atoms with E-state index >= 15 is 0 Å². The maximum absolute atomic E-state index is 13.0. The molecule has 27 heavy (non-hydrogen) atoms. The minimum atomic E-state index is -0.276. The van der Waals surface area contributed by atoms with Crippen molar-refractivity contribution < 1.29 is 9.59 Å². The highest BCUT2D eigenvalue weighted by Gasteiger charge is 2.42. The van der Waals surface area contributed by atoms with E-state index in [0.717, 1.165) is 23.4 Å². The minimum absolute atomic E-state index is 0.0322. The van der Waals surface area contributed by atoms with E-state index in [0.29, 0.717) is 18.1 Å². The molecule has 3 heterocycles. The Morgan fingerprint density at radius 2 is 1.85 bits per heavy atom. The average Bonchev–Trinajstić information content (AvgIpc) is 3.35. The van der Waals surface area contributed by atoms with Crippen molar-refractivity contribution in [3.63, 3.8) is 0 Å². The first kappa shape index (κ1) is 18.1. The maximum Gasteiger partial charge on any atom is 0.229 e. The second-order valence-electron chi connectivity index (χ2n) is 7.57. The van der Waals surface area contributed by atoms with E-state index in [1.807, 2.05) is 23.1 Å². The number of amides is 2. The summed E-state index contributed by atoms with van der Waals surface area (Å²) in [6.07, 6.45) is 3.04. The van der Waals surface area contributed by atoms with Crippen molar-refractivity contribution in [3.05, 3.63) is 40.9 Å².